The normalized spacial score (nSPS) is 29.2. The summed E-state index contributed by atoms with van der Waals surface area (Å²) in [6, 6.07) is 0. The number of hydrogen-bond donors (Lipinski definition) is 0. The van der Waals surface area contributed by atoms with Crippen LogP contribution in [-0.2, 0) is 16.6 Å². The minimum absolute atomic E-state index is 0.0505. The van der Waals surface area contributed by atoms with Gasteiger partial charge in [-0.25, -0.2) is 4.39 Å². The first-order valence-electron chi connectivity index (χ1n) is 8.73. The summed E-state index contributed by atoms with van der Waals surface area (Å²) in [5.74, 6) is -0.352. The lowest BCUT2D eigenvalue weighted by Gasteiger charge is -2.43. The zero-order valence-electron chi connectivity index (χ0n) is 14.0. The van der Waals surface area contributed by atoms with Gasteiger partial charge in [0, 0.05) is 32.9 Å². The summed E-state index contributed by atoms with van der Waals surface area (Å²) in [6.07, 6.45) is 7.18. The van der Waals surface area contributed by atoms with Gasteiger partial charge in [-0.05, 0) is 38.5 Å². The lowest BCUT2D eigenvalue weighted by atomic mass is 9.76. The van der Waals surface area contributed by atoms with Crippen LogP contribution in [0.1, 0.15) is 38.5 Å². The molecular formula is C17H23FN4O2. The van der Waals surface area contributed by atoms with E-state index in [0.29, 0.717) is 38.9 Å². The molecule has 2 saturated heterocycles. The Morgan fingerprint density at radius 2 is 2.00 bits per heavy atom. The van der Waals surface area contributed by atoms with Gasteiger partial charge < -0.3 is 9.80 Å². The summed E-state index contributed by atoms with van der Waals surface area (Å²) < 4.78 is 16.2. The summed E-state index contributed by atoms with van der Waals surface area (Å²) in [4.78, 5) is 28.9. The van der Waals surface area contributed by atoms with E-state index in [0.717, 1.165) is 24.9 Å². The van der Waals surface area contributed by atoms with Gasteiger partial charge in [0.1, 0.15) is 0 Å². The molecule has 0 bridgehead atoms. The maximum atomic E-state index is 14.5. The van der Waals surface area contributed by atoms with E-state index in [4.69, 9.17) is 0 Å². The standard InChI is InChI=1S/C17H23FN4O2/c1-20-11-13(10-19-20)22-9-7-16(14(22)23)4-3-8-21(12-16)15(24)17(18)5-2-6-17/h10-11H,2-9,12H2,1H3/t16-/m1/s1. The van der Waals surface area contributed by atoms with Crippen LogP contribution in [0, 0.1) is 5.41 Å². The van der Waals surface area contributed by atoms with E-state index in [-0.39, 0.29) is 5.91 Å². The SMILES string of the molecule is Cn1cc(N2CC[C@@]3(CCCN(C(=O)C4(F)CCC4)C3)C2=O)cn1. The monoisotopic (exact) mass is 334 g/mol. The molecular weight excluding hydrogens is 311 g/mol. The third kappa shape index (κ3) is 2.24. The van der Waals surface area contributed by atoms with Gasteiger partial charge in [0.2, 0.25) is 5.91 Å². The Morgan fingerprint density at radius 3 is 2.62 bits per heavy atom. The van der Waals surface area contributed by atoms with Gasteiger partial charge in [0.25, 0.3) is 5.91 Å². The predicted molar refractivity (Wildman–Crippen MR) is 86.1 cm³/mol. The van der Waals surface area contributed by atoms with E-state index < -0.39 is 17.0 Å². The van der Waals surface area contributed by atoms with E-state index in [1.165, 1.54) is 0 Å². The third-order valence-corrected chi connectivity index (χ3v) is 5.91. The maximum Gasteiger partial charge on any atom is 0.260 e. The minimum atomic E-state index is -1.68. The molecule has 1 aromatic rings. The van der Waals surface area contributed by atoms with E-state index >= 15 is 0 Å². The first kappa shape index (κ1) is 15.6. The fourth-order valence-corrected chi connectivity index (χ4v) is 4.28. The Bertz CT molecular complexity index is 684. The zero-order chi connectivity index (χ0) is 16.9. The van der Waals surface area contributed by atoms with Gasteiger partial charge >= 0.3 is 0 Å². The highest BCUT2D eigenvalue weighted by molar-refractivity contribution is 6.00. The number of nitrogens with zero attached hydrogens (tertiary/aromatic N) is 4. The number of aryl methyl sites for hydroxylation is 1. The van der Waals surface area contributed by atoms with Crippen LogP contribution in [0.25, 0.3) is 0 Å². The van der Waals surface area contributed by atoms with Crippen LogP contribution < -0.4 is 4.90 Å². The Labute approximate surface area is 140 Å². The van der Waals surface area contributed by atoms with E-state index in [1.807, 2.05) is 13.2 Å². The van der Waals surface area contributed by atoms with Gasteiger partial charge in [-0.1, -0.05) is 0 Å². The number of halogens is 1. The number of amides is 2. The summed E-state index contributed by atoms with van der Waals surface area (Å²) >= 11 is 0. The van der Waals surface area contributed by atoms with Crippen molar-refractivity contribution in [2.75, 3.05) is 24.5 Å². The molecule has 1 aromatic heterocycles. The number of carbonyl (C=O) groups excluding carboxylic acids is 2. The number of rotatable bonds is 2. The largest absolute Gasteiger partial charge is 0.339 e. The van der Waals surface area contributed by atoms with Crippen molar-refractivity contribution < 1.29 is 14.0 Å². The molecule has 2 aliphatic heterocycles. The van der Waals surface area contributed by atoms with Crippen molar-refractivity contribution in [3.05, 3.63) is 12.4 Å². The first-order chi connectivity index (χ1) is 11.4. The molecule has 0 unspecified atom stereocenters. The molecule has 4 rings (SSSR count). The molecule has 1 atom stereocenters. The summed E-state index contributed by atoms with van der Waals surface area (Å²) in [6.45, 7) is 1.55. The highest BCUT2D eigenvalue weighted by Gasteiger charge is 2.53. The number of anilines is 1. The van der Waals surface area contributed by atoms with Gasteiger partial charge in [0.15, 0.2) is 5.67 Å². The van der Waals surface area contributed by atoms with Gasteiger partial charge in [-0.3, -0.25) is 14.3 Å². The number of aromatic nitrogens is 2. The predicted octanol–water partition coefficient (Wildman–Crippen LogP) is 1.66. The van der Waals surface area contributed by atoms with Gasteiger partial charge in [-0.15, -0.1) is 0 Å². The smallest absolute Gasteiger partial charge is 0.260 e. The second-order valence-electron chi connectivity index (χ2n) is 7.51. The fraction of sp³-hybridized carbons (Fsp3) is 0.706. The molecule has 1 spiro atoms. The second-order valence-corrected chi connectivity index (χ2v) is 7.51. The van der Waals surface area contributed by atoms with E-state index in [1.54, 1.807) is 20.7 Å². The second kappa shape index (κ2) is 5.29. The zero-order valence-corrected chi connectivity index (χ0v) is 14.0. The highest BCUT2D eigenvalue weighted by Crippen LogP contribution is 2.44. The molecule has 3 heterocycles. The fourth-order valence-electron chi connectivity index (χ4n) is 4.28. The Hall–Kier alpha value is -1.92. The number of hydrogen-bond acceptors (Lipinski definition) is 3. The molecule has 1 saturated carbocycles. The lowest BCUT2D eigenvalue weighted by molar-refractivity contribution is -0.154. The van der Waals surface area contributed by atoms with Crippen molar-refractivity contribution in [2.45, 2.75) is 44.2 Å². The molecule has 130 valence electrons. The molecule has 0 aromatic carbocycles. The van der Waals surface area contributed by atoms with Crippen LogP contribution in [0.15, 0.2) is 12.4 Å². The van der Waals surface area contributed by atoms with Crippen molar-refractivity contribution in [1.29, 1.82) is 0 Å². The molecule has 0 radical (unpaired) electrons. The van der Waals surface area contributed by atoms with Crippen molar-refractivity contribution in [3.63, 3.8) is 0 Å². The third-order valence-electron chi connectivity index (χ3n) is 5.91. The van der Waals surface area contributed by atoms with Crippen LogP contribution in [0.4, 0.5) is 10.1 Å². The number of piperidine rings is 1. The Balaban J connectivity index is 1.53. The molecule has 3 aliphatic rings. The average molecular weight is 334 g/mol. The van der Waals surface area contributed by atoms with Crippen LogP contribution in [0.2, 0.25) is 0 Å². The number of likely N-dealkylation sites (tertiary alicyclic amines) is 1. The topological polar surface area (TPSA) is 58.4 Å². The molecule has 0 N–H and O–H groups in total. The highest BCUT2D eigenvalue weighted by atomic mass is 19.1. The minimum Gasteiger partial charge on any atom is -0.339 e. The first-order valence-corrected chi connectivity index (χ1v) is 8.73. The van der Waals surface area contributed by atoms with Crippen molar-refractivity contribution in [1.82, 2.24) is 14.7 Å². The molecule has 7 heteroatoms. The van der Waals surface area contributed by atoms with Crippen molar-refractivity contribution in [2.24, 2.45) is 12.5 Å². The van der Waals surface area contributed by atoms with E-state index in [2.05, 4.69) is 5.10 Å². The molecule has 2 amide bonds. The number of carbonyl (C=O) groups is 2. The molecule has 24 heavy (non-hydrogen) atoms. The van der Waals surface area contributed by atoms with Crippen LogP contribution in [-0.4, -0.2) is 51.8 Å². The Kier molecular flexibility index (Phi) is 3.44. The van der Waals surface area contributed by atoms with Crippen LogP contribution in [0.3, 0.4) is 0 Å². The maximum absolute atomic E-state index is 14.5. The molecule has 6 nitrogen and oxygen atoms in total. The lowest BCUT2D eigenvalue weighted by Crippen LogP contribution is -2.56. The van der Waals surface area contributed by atoms with Crippen LogP contribution >= 0.6 is 0 Å². The van der Waals surface area contributed by atoms with E-state index in [9.17, 15) is 14.0 Å². The molecule has 1 aliphatic carbocycles. The van der Waals surface area contributed by atoms with Crippen LogP contribution in [0.5, 0.6) is 0 Å². The summed E-state index contributed by atoms with van der Waals surface area (Å²) in [5.41, 5.74) is -1.43. The average Bonchev–Trinajstić information content (AvgIpc) is 3.10. The summed E-state index contributed by atoms with van der Waals surface area (Å²) in [5, 5.41) is 4.13. The van der Waals surface area contributed by atoms with Crippen molar-refractivity contribution >= 4 is 17.5 Å². The van der Waals surface area contributed by atoms with Gasteiger partial charge in [-0.2, -0.15) is 5.10 Å². The molecule has 3 fully saturated rings. The van der Waals surface area contributed by atoms with Gasteiger partial charge in [0.05, 0.1) is 17.3 Å². The quantitative estimate of drug-likeness (QED) is 0.826. The summed E-state index contributed by atoms with van der Waals surface area (Å²) in [7, 11) is 1.82. The number of alkyl halides is 1. The van der Waals surface area contributed by atoms with Crippen molar-refractivity contribution in [3.8, 4) is 0 Å². The Morgan fingerprint density at radius 1 is 1.21 bits per heavy atom.